The van der Waals surface area contributed by atoms with Gasteiger partial charge in [-0.05, 0) is 38.7 Å². The molecule has 1 aliphatic heterocycles. The molecule has 120 valence electrons. The topological polar surface area (TPSA) is 92.4 Å². The molecule has 1 saturated heterocycles. The molecule has 6 nitrogen and oxygen atoms in total. The molecule has 0 aliphatic carbocycles. The number of hydrogen-bond donors (Lipinski definition) is 2. The lowest BCUT2D eigenvalue weighted by Gasteiger charge is -2.35. The van der Waals surface area contributed by atoms with Crippen molar-refractivity contribution in [1.82, 2.24) is 9.78 Å². The van der Waals surface area contributed by atoms with Crippen LogP contribution < -0.4 is 0 Å². The summed E-state index contributed by atoms with van der Waals surface area (Å²) in [6.07, 6.45) is 0.942. The van der Waals surface area contributed by atoms with E-state index in [-0.39, 0.29) is 30.6 Å². The summed E-state index contributed by atoms with van der Waals surface area (Å²) in [7, 11) is -3.05. The van der Waals surface area contributed by atoms with Crippen molar-refractivity contribution in [2.24, 2.45) is 11.3 Å². The number of aryl methyl sites for hydroxylation is 2. The molecule has 2 rings (SSSR count). The highest BCUT2D eigenvalue weighted by Crippen LogP contribution is 2.38. The molecule has 1 aromatic heterocycles. The zero-order valence-corrected chi connectivity index (χ0v) is 13.4. The second-order valence-electron chi connectivity index (χ2n) is 6.05. The van der Waals surface area contributed by atoms with Crippen LogP contribution in [0, 0.1) is 18.3 Å². The third-order valence-corrected chi connectivity index (χ3v) is 6.31. The largest absolute Gasteiger partial charge is 0.396 e. The minimum atomic E-state index is -3.05. The highest BCUT2D eigenvalue weighted by Gasteiger charge is 2.44. The minimum Gasteiger partial charge on any atom is -0.396 e. The zero-order valence-electron chi connectivity index (χ0n) is 12.6. The van der Waals surface area contributed by atoms with Crippen molar-refractivity contribution in [3.63, 3.8) is 0 Å². The molecule has 1 aliphatic rings. The van der Waals surface area contributed by atoms with E-state index < -0.39 is 15.3 Å². The Balaban J connectivity index is 2.30. The van der Waals surface area contributed by atoms with Gasteiger partial charge in [0.15, 0.2) is 9.84 Å². The number of sulfone groups is 1. The summed E-state index contributed by atoms with van der Waals surface area (Å²) in [5.74, 6) is -0.0169. The molecule has 0 spiro atoms. The summed E-state index contributed by atoms with van der Waals surface area (Å²) in [5.41, 5.74) is 1.02. The molecule has 2 N–H and O–H groups in total. The molecular formula is C14H24N2O4S. The summed E-state index contributed by atoms with van der Waals surface area (Å²) in [5, 5.41) is 24.1. The van der Waals surface area contributed by atoms with Gasteiger partial charge in [0, 0.05) is 17.7 Å². The van der Waals surface area contributed by atoms with Crippen molar-refractivity contribution in [2.75, 3.05) is 24.7 Å². The van der Waals surface area contributed by atoms with E-state index in [9.17, 15) is 18.6 Å². The maximum atomic E-state index is 11.7. The van der Waals surface area contributed by atoms with Gasteiger partial charge in [-0.25, -0.2) is 8.42 Å². The van der Waals surface area contributed by atoms with Gasteiger partial charge < -0.3 is 10.2 Å². The number of rotatable bonds is 6. The van der Waals surface area contributed by atoms with E-state index in [1.54, 1.807) is 0 Å². The quantitative estimate of drug-likeness (QED) is 0.780. The van der Waals surface area contributed by atoms with Crippen molar-refractivity contribution in [3.8, 4) is 0 Å². The molecule has 0 radical (unpaired) electrons. The maximum absolute atomic E-state index is 11.7. The molecule has 1 fully saturated rings. The average Bonchev–Trinajstić information content (AvgIpc) is 2.98. The Morgan fingerprint density at radius 2 is 2.10 bits per heavy atom. The Kier molecular flexibility index (Phi) is 4.75. The van der Waals surface area contributed by atoms with Crippen LogP contribution in [0.3, 0.4) is 0 Å². The molecule has 2 heterocycles. The number of hydrogen-bond acceptors (Lipinski definition) is 5. The fraction of sp³-hybridized carbons (Fsp3) is 0.786. The van der Waals surface area contributed by atoms with Gasteiger partial charge in [0.05, 0.1) is 30.4 Å². The molecule has 7 heteroatoms. The van der Waals surface area contributed by atoms with E-state index >= 15 is 0 Å². The van der Waals surface area contributed by atoms with E-state index in [2.05, 4.69) is 5.10 Å². The van der Waals surface area contributed by atoms with E-state index in [0.717, 1.165) is 11.4 Å². The van der Waals surface area contributed by atoms with Gasteiger partial charge in [0.2, 0.25) is 0 Å². The van der Waals surface area contributed by atoms with Crippen molar-refractivity contribution < 1.29 is 18.6 Å². The number of aliphatic hydroxyl groups excluding tert-OH is 2. The van der Waals surface area contributed by atoms with Crippen LogP contribution in [0.2, 0.25) is 0 Å². The van der Waals surface area contributed by atoms with Crippen LogP contribution in [0.4, 0.5) is 0 Å². The first kappa shape index (κ1) is 16.5. The van der Waals surface area contributed by atoms with Crippen LogP contribution in [0.5, 0.6) is 0 Å². The van der Waals surface area contributed by atoms with Gasteiger partial charge in [0.25, 0.3) is 0 Å². The third kappa shape index (κ3) is 3.30. The van der Waals surface area contributed by atoms with E-state index in [1.165, 1.54) is 0 Å². The van der Waals surface area contributed by atoms with Crippen LogP contribution >= 0.6 is 0 Å². The van der Waals surface area contributed by atoms with Crippen molar-refractivity contribution in [1.29, 1.82) is 0 Å². The third-order valence-electron chi connectivity index (χ3n) is 4.55. The van der Waals surface area contributed by atoms with Gasteiger partial charge in [-0.3, -0.25) is 4.68 Å². The first-order valence-corrected chi connectivity index (χ1v) is 9.13. The fourth-order valence-corrected chi connectivity index (χ4v) is 5.16. The zero-order chi connectivity index (χ0) is 15.7. The number of aromatic nitrogens is 2. The Morgan fingerprint density at radius 1 is 1.43 bits per heavy atom. The number of aliphatic hydroxyl groups is 2. The Bertz CT molecular complexity index is 590. The number of nitrogens with zero attached hydrogens (tertiary/aromatic N) is 2. The van der Waals surface area contributed by atoms with Gasteiger partial charge in [0.1, 0.15) is 0 Å². The predicted molar refractivity (Wildman–Crippen MR) is 79.7 cm³/mol. The Morgan fingerprint density at radius 3 is 2.57 bits per heavy atom. The molecule has 21 heavy (non-hydrogen) atoms. The molecule has 0 aromatic carbocycles. The van der Waals surface area contributed by atoms with E-state index in [0.29, 0.717) is 19.4 Å². The molecular weight excluding hydrogens is 292 g/mol. The van der Waals surface area contributed by atoms with Gasteiger partial charge in [-0.1, -0.05) is 0 Å². The molecule has 0 bridgehead atoms. The second kappa shape index (κ2) is 6.06. The molecule has 1 aromatic rings. The van der Waals surface area contributed by atoms with Gasteiger partial charge in [-0.15, -0.1) is 0 Å². The van der Waals surface area contributed by atoms with Gasteiger partial charge in [-0.2, -0.15) is 5.10 Å². The lowest BCUT2D eigenvalue weighted by Crippen LogP contribution is -2.41. The normalized spacial score (nSPS) is 21.8. The smallest absolute Gasteiger partial charge is 0.150 e. The first-order chi connectivity index (χ1) is 9.85. The van der Waals surface area contributed by atoms with Crippen molar-refractivity contribution in [3.05, 3.63) is 17.5 Å². The van der Waals surface area contributed by atoms with E-state index in [1.807, 2.05) is 24.6 Å². The second-order valence-corrected chi connectivity index (χ2v) is 8.28. The summed E-state index contributed by atoms with van der Waals surface area (Å²) < 4.78 is 25.3. The summed E-state index contributed by atoms with van der Waals surface area (Å²) in [6, 6.07) is 1.94. The minimum absolute atomic E-state index is 0.0490. The molecule has 1 unspecified atom stereocenters. The molecule has 0 saturated carbocycles. The standard InChI is InChI=1S/C14H24N2O4S/c1-3-16-13(6-11(2)15-16)7-14(9-17,10-18)12-4-5-21(19,20)8-12/h6,12,17-18H,3-5,7-10H2,1-2H3. The fourth-order valence-electron chi connectivity index (χ4n) is 3.22. The monoisotopic (exact) mass is 316 g/mol. The highest BCUT2D eigenvalue weighted by atomic mass is 32.2. The SMILES string of the molecule is CCn1nc(C)cc1CC(CO)(CO)C1CCS(=O)(=O)C1. The Hall–Kier alpha value is -0.920. The molecule has 0 amide bonds. The summed E-state index contributed by atoms with van der Waals surface area (Å²) in [4.78, 5) is 0. The average molecular weight is 316 g/mol. The van der Waals surface area contributed by atoms with E-state index in [4.69, 9.17) is 0 Å². The van der Waals surface area contributed by atoms with Crippen LogP contribution in [0.1, 0.15) is 24.7 Å². The molecule has 1 atom stereocenters. The highest BCUT2D eigenvalue weighted by molar-refractivity contribution is 7.91. The van der Waals surface area contributed by atoms with Crippen LogP contribution in [-0.2, 0) is 22.8 Å². The van der Waals surface area contributed by atoms with Gasteiger partial charge >= 0.3 is 0 Å². The summed E-state index contributed by atoms with van der Waals surface area (Å²) in [6.45, 7) is 4.14. The van der Waals surface area contributed by atoms with Crippen LogP contribution in [0.15, 0.2) is 6.07 Å². The predicted octanol–water partition coefficient (Wildman–Crippen LogP) is 0.160. The first-order valence-electron chi connectivity index (χ1n) is 7.31. The lowest BCUT2D eigenvalue weighted by atomic mass is 9.73. The van der Waals surface area contributed by atoms with Crippen LogP contribution in [-0.4, -0.2) is 53.1 Å². The lowest BCUT2D eigenvalue weighted by molar-refractivity contribution is 0.0109. The Labute approximate surface area is 125 Å². The van der Waals surface area contributed by atoms with Crippen LogP contribution in [0.25, 0.3) is 0 Å². The van der Waals surface area contributed by atoms with Crippen molar-refractivity contribution in [2.45, 2.75) is 33.2 Å². The summed E-state index contributed by atoms with van der Waals surface area (Å²) >= 11 is 0. The van der Waals surface area contributed by atoms with Crippen molar-refractivity contribution >= 4 is 9.84 Å². The maximum Gasteiger partial charge on any atom is 0.150 e.